The molecule has 0 aliphatic heterocycles. The minimum absolute atomic E-state index is 0.0447. The summed E-state index contributed by atoms with van der Waals surface area (Å²) in [6.45, 7) is 4.29. The van der Waals surface area contributed by atoms with Gasteiger partial charge in [0.25, 0.3) is 0 Å². The standard InChI is InChI=1S/C20H31NO3/c1-3-13(12-22)17-10-15(23)4-5-16(17)14-6-8-19(2)18(24)7-9-20(19,21)11-14/h4-5,10,13-14,18,22-24H,3,6-9,11-12,21H2,1-2H3/t13-,14-,18?,19+,20+/m0/s1. The third-order valence-corrected chi connectivity index (χ3v) is 7.02. The molecule has 1 unspecified atom stereocenters. The average Bonchev–Trinajstić information content (AvgIpc) is 2.80. The van der Waals surface area contributed by atoms with E-state index in [4.69, 9.17) is 5.73 Å². The molecule has 4 heteroatoms. The SMILES string of the molecule is CC[C@@H](CO)c1cc(O)ccc1[C@H]1CC[C@]2(C)C(O)CC[C@@]2(N)C1. The normalized spacial score (nSPS) is 37.2. The van der Waals surface area contributed by atoms with Gasteiger partial charge in [-0.3, -0.25) is 0 Å². The number of rotatable bonds is 4. The summed E-state index contributed by atoms with van der Waals surface area (Å²) >= 11 is 0. The van der Waals surface area contributed by atoms with Crippen molar-refractivity contribution in [3.05, 3.63) is 29.3 Å². The van der Waals surface area contributed by atoms with E-state index in [1.807, 2.05) is 6.07 Å². The van der Waals surface area contributed by atoms with Gasteiger partial charge in [0.05, 0.1) is 6.10 Å². The molecule has 5 atom stereocenters. The highest BCUT2D eigenvalue weighted by Crippen LogP contribution is 2.57. The number of phenolic OH excluding ortho intramolecular Hbond substituents is 1. The second kappa shape index (κ2) is 6.32. The van der Waals surface area contributed by atoms with Crippen LogP contribution in [0.15, 0.2) is 18.2 Å². The van der Waals surface area contributed by atoms with Crippen molar-refractivity contribution in [3.63, 3.8) is 0 Å². The van der Waals surface area contributed by atoms with Gasteiger partial charge in [0.2, 0.25) is 0 Å². The first-order chi connectivity index (χ1) is 11.3. The minimum Gasteiger partial charge on any atom is -0.508 e. The average molecular weight is 333 g/mol. The van der Waals surface area contributed by atoms with Crippen molar-refractivity contribution < 1.29 is 15.3 Å². The van der Waals surface area contributed by atoms with E-state index in [1.54, 1.807) is 12.1 Å². The second-order valence-corrected chi connectivity index (χ2v) is 8.17. The first kappa shape index (κ1) is 17.7. The highest BCUT2D eigenvalue weighted by Gasteiger charge is 2.57. The zero-order valence-corrected chi connectivity index (χ0v) is 14.8. The number of phenols is 1. The summed E-state index contributed by atoms with van der Waals surface area (Å²) < 4.78 is 0. The van der Waals surface area contributed by atoms with Crippen LogP contribution in [0.25, 0.3) is 0 Å². The summed E-state index contributed by atoms with van der Waals surface area (Å²) in [5.41, 5.74) is 8.52. The van der Waals surface area contributed by atoms with E-state index in [-0.39, 0.29) is 35.3 Å². The van der Waals surface area contributed by atoms with E-state index >= 15 is 0 Å². The van der Waals surface area contributed by atoms with E-state index < -0.39 is 0 Å². The number of hydrogen-bond donors (Lipinski definition) is 4. The van der Waals surface area contributed by atoms with Gasteiger partial charge in [-0.15, -0.1) is 0 Å². The summed E-state index contributed by atoms with van der Waals surface area (Å²) in [5.74, 6) is 0.618. The molecule has 0 aromatic heterocycles. The molecule has 2 aliphatic rings. The molecular weight excluding hydrogens is 302 g/mol. The van der Waals surface area contributed by atoms with Crippen molar-refractivity contribution in [3.8, 4) is 5.75 Å². The Labute approximate surface area is 144 Å². The van der Waals surface area contributed by atoms with E-state index in [0.29, 0.717) is 5.92 Å². The zero-order valence-electron chi connectivity index (χ0n) is 14.8. The lowest BCUT2D eigenvalue weighted by Crippen LogP contribution is -2.57. The Balaban J connectivity index is 1.94. The summed E-state index contributed by atoms with van der Waals surface area (Å²) in [6.07, 6.45) is 4.97. The number of fused-ring (bicyclic) bond motifs is 1. The zero-order chi connectivity index (χ0) is 17.5. The number of aliphatic hydroxyl groups excluding tert-OH is 2. The maximum absolute atomic E-state index is 10.4. The van der Waals surface area contributed by atoms with Gasteiger partial charge >= 0.3 is 0 Å². The summed E-state index contributed by atoms with van der Waals surface area (Å²) in [5, 5.41) is 30.1. The summed E-state index contributed by atoms with van der Waals surface area (Å²) in [4.78, 5) is 0. The van der Waals surface area contributed by atoms with Crippen LogP contribution in [0.3, 0.4) is 0 Å². The molecule has 0 saturated heterocycles. The van der Waals surface area contributed by atoms with Crippen LogP contribution in [0.4, 0.5) is 0 Å². The van der Waals surface area contributed by atoms with Crippen LogP contribution in [-0.2, 0) is 0 Å². The van der Waals surface area contributed by atoms with Crippen LogP contribution in [0.1, 0.15) is 75.3 Å². The second-order valence-electron chi connectivity index (χ2n) is 8.17. The highest BCUT2D eigenvalue weighted by molar-refractivity contribution is 5.40. The van der Waals surface area contributed by atoms with Crippen LogP contribution < -0.4 is 5.73 Å². The van der Waals surface area contributed by atoms with Crippen molar-refractivity contribution in [2.24, 2.45) is 11.1 Å². The largest absolute Gasteiger partial charge is 0.508 e. The summed E-state index contributed by atoms with van der Waals surface area (Å²) in [6, 6.07) is 5.55. The van der Waals surface area contributed by atoms with Gasteiger partial charge in [0.1, 0.15) is 5.75 Å². The number of nitrogens with two attached hydrogens (primary N) is 1. The fraction of sp³-hybridized carbons (Fsp3) is 0.700. The van der Waals surface area contributed by atoms with Gasteiger partial charge in [-0.25, -0.2) is 0 Å². The van der Waals surface area contributed by atoms with E-state index in [2.05, 4.69) is 13.8 Å². The molecule has 0 bridgehead atoms. The van der Waals surface area contributed by atoms with Gasteiger partial charge in [-0.05, 0) is 67.7 Å². The molecule has 24 heavy (non-hydrogen) atoms. The topological polar surface area (TPSA) is 86.7 Å². The van der Waals surface area contributed by atoms with Crippen molar-refractivity contribution >= 4 is 0 Å². The number of benzene rings is 1. The molecule has 3 rings (SSSR count). The predicted octanol–water partition coefficient (Wildman–Crippen LogP) is 3.00. The molecule has 0 radical (unpaired) electrons. The van der Waals surface area contributed by atoms with Gasteiger partial charge in [-0.1, -0.05) is 19.9 Å². The first-order valence-corrected chi connectivity index (χ1v) is 9.25. The summed E-state index contributed by atoms with van der Waals surface area (Å²) in [7, 11) is 0. The van der Waals surface area contributed by atoms with Crippen LogP contribution >= 0.6 is 0 Å². The molecular formula is C20H31NO3. The molecule has 4 nitrogen and oxygen atoms in total. The molecule has 2 aliphatic carbocycles. The third-order valence-electron chi connectivity index (χ3n) is 7.02. The molecule has 1 aromatic rings. The monoisotopic (exact) mass is 333 g/mol. The maximum Gasteiger partial charge on any atom is 0.115 e. The van der Waals surface area contributed by atoms with E-state index in [0.717, 1.165) is 44.1 Å². The Hall–Kier alpha value is -1.10. The van der Waals surface area contributed by atoms with Crippen molar-refractivity contribution in [2.45, 2.75) is 75.9 Å². The van der Waals surface area contributed by atoms with E-state index in [9.17, 15) is 15.3 Å². The van der Waals surface area contributed by atoms with Gasteiger partial charge in [-0.2, -0.15) is 0 Å². The lowest BCUT2D eigenvalue weighted by Gasteiger charge is -2.49. The lowest BCUT2D eigenvalue weighted by molar-refractivity contribution is -0.00603. The van der Waals surface area contributed by atoms with Gasteiger partial charge in [0, 0.05) is 23.5 Å². The molecule has 2 saturated carbocycles. The van der Waals surface area contributed by atoms with Crippen LogP contribution in [0, 0.1) is 5.41 Å². The third kappa shape index (κ3) is 2.65. The smallest absolute Gasteiger partial charge is 0.115 e. The molecule has 134 valence electrons. The quantitative estimate of drug-likeness (QED) is 0.682. The highest BCUT2D eigenvalue weighted by atomic mass is 16.3. The van der Waals surface area contributed by atoms with Crippen molar-refractivity contribution in [2.75, 3.05) is 6.61 Å². The fourth-order valence-corrected chi connectivity index (χ4v) is 5.10. The number of aliphatic hydroxyl groups is 2. The van der Waals surface area contributed by atoms with Gasteiger partial charge < -0.3 is 21.1 Å². The van der Waals surface area contributed by atoms with Gasteiger partial charge in [0.15, 0.2) is 0 Å². The Kier molecular flexibility index (Phi) is 4.67. The van der Waals surface area contributed by atoms with E-state index in [1.165, 1.54) is 5.56 Å². The maximum atomic E-state index is 10.4. The van der Waals surface area contributed by atoms with Crippen LogP contribution in [-0.4, -0.2) is 33.6 Å². The predicted molar refractivity (Wildman–Crippen MR) is 95.1 cm³/mol. The lowest BCUT2D eigenvalue weighted by atomic mass is 9.59. The molecule has 0 amide bonds. The first-order valence-electron chi connectivity index (χ1n) is 9.25. The molecule has 0 heterocycles. The Morgan fingerprint density at radius 2 is 2.04 bits per heavy atom. The molecule has 1 aromatic carbocycles. The van der Waals surface area contributed by atoms with Crippen molar-refractivity contribution in [1.82, 2.24) is 0 Å². The Morgan fingerprint density at radius 3 is 2.71 bits per heavy atom. The van der Waals surface area contributed by atoms with Crippen LogP contribution in [0.5, 0.6) is 5.75 Å². The van der Waals surface area contributed by atoms with Crippen LogP contribution in [0.2, 0.25) is 0 Å². The Morgan fingerprint density at radius 1 is 1.29 bits per heavy atom. The number of hydrogen-bond acceptors (Lipinski definition) is 4. The molecule has 0 spiro atoms. The van der Waals surface area contributed by atoms with Crippen molar-refractivity contribution in [1.29, 1.82) is 0 Å². The molecule has 5 N–H and O–H groups in total. The fourth-order valence-electron chi connectivity index (χ4n) is 5.10. The minimum atomic E-state index is -0.328. The number of aromatic hydroxyl groups is 1. The molecule has 2 fully saturated rings. The Bertz CT molecular complexity index is 601.